The van der Waals surface area contributed by atoms with E-state index in [0.29, 0.717) is 85.5 Å². The number of benzene rings is 4. The lowest BCUT2D eigenvalue weighted by molar-refractivity contribution is 0.0513. The molecule has 2 aliphatic heterocycles. The third-order valence-electron chi connectivity index (χ3n) is 18.0. The van der Waals surface area contributed by atoms with E-state index in [1.807, 2.05) is 51.6 Å². The monoisotopic (exact) mass is 1520 g/mol. The van der Waals surface area contributed by atoms with E-state index in [1.165, 1.54) is 0 Å². The second-order valence-corrected chi connectivity index (χ2v) is 41.0. The van der Waals surface area contributed by atoms with Crippen molar-refractivity contribution in [3.8, 4) is 0 Å². The second-order valence-electron chi connectivity index (χ2n) is 28.7. The normalized spacial score (nSPS) is 15.1. The first-order chi connectivity index (χ1) is 42.8. The first kappa shape index (κ1) is 76.8. The summed E-state index contributed by atoms with van der Waals surface area (Å²) >= 11 is 17.7. The lowest BCUT2D eigenvalue weighted by Crippen LogP contribution is -2.43. The lowest BCUT2D eigenvalue weighted by Gasteiger charge is -2.40. The highest BCUT2D eigenvalue weighted by Crippen LogP contribution is 2.42. The van der Waals surface area contributed by atoms with Crippen LogP contribution in [0.4, 0.5) is 20.2 Å². The third kappa shape index (κ3) is 19.1. The molecule has 2 saturated heterocycles. The van der Waals surface area contributed by atoms with Crippen LogP contribution in [0, 0.1) is 26.0 Å². The zero-order valence-electron chi connectivity index (χ0n) is 57.1. The molecule has 0 N–H and O–H groups in total. The molecule has 2 fully saturated rings. The third-order valence-corrected chi connectivity index (χ3v) is 28.9. The fraction of sp³-hybridized carbons (Fsp3) is 0.543. The lowest BCUT2D eigenvalue weighted by atomic mass is 9.86. The summed E-state index contributed by atoms with van der Waals surface area (Å²) in [4.78, 5) is 57.0. The molecular formula is C70H96BrCl2F2IN4O10Si2. The summed E-state index contributed by atoms with van der Waals surface area (Å²) in [6.07, 6.45) is 3.51. The topological polar surface area (TPSA) is 140 Å². The average Bonchev–Trinajstić information content (AvgIpc) is 0.774. The number of pyridine rings is 2. The predicted molar refractivity (Wildman–Crippen MR) is 389 cm³/mol. The van der Waals surface area contributed by atoms with Gasteiger partial charge in [0.05, 0.1) is 86.0 Å². The molecule has 8 rings (SSSR count). The number of aromatic nitrogens is 2. The highest BCUT2D eigenvalue weighted by atomic mass is 127. The number of hydrogen-bond acceptors (Lipinski definition) is 12. The molecule has 0 saturated carbocycles. The standard InChI is InChI=1S/C35H48ClFN2O5Si.C24H36INO4Si.C11H12BrClFNO/c1-10-43-33(41)27-21-39(30(34(2,3)4)22-44-45(8,9)35(5,6)7)29-12-11-23(18-26(29)32(27)40)17-24-19-25(20-28(36)31(24)37)38-13-15-42-16-14-38;1-10-29-22(28)18-14-26(19-12-11-16(25)13-17(19)21(18)27)20(23(2,3)4)15-30-31(8,9)24(5,6)7;12-7-8-5-9(6-10(13)11(8)14)15-1-3-16-4-2-15/h11-12,18-21,30H,10,13-17,22H2,1-9H3;11-14,20H,10,15H2,1-9H3;5-6H,1-4,7H2/t30-;20-;/m11./s1. The van der Waals surface area contributed by atoms with Crippen molar-refractivity contribution in [3.05, 3.63) is 147 Å². The minimum Gasteiger partial charge on any atom is -0.462 e. The van der Waals surface area contributed by atoms with Crippen LogP contribution in [0.15, 0.2) is 82.6 Å². The van der Waals surface area contributed by atoms with Crippen LogP contribution in [0.2, 0.25) is 46.3 Å². The van der Waals surface area contributed by atoms with E-state index in [0.717, 1.165) is 39.1 Å². The van der Waals surface area contributed by atoms with E-state index in [9.17, 15) is 23.6 Å². The molecule has 92 heavy (non-hydrogen) atoms. The van der Waals surface area contributed by atoms with Crippen molar-refractivity contribution in [3.63, 3.8) is 0 Å². The molecule has 0 bridgehead atoms. The number of nitrogens with zero attached hydrogens (tertiary/aromatic N) is 4. The fourth-order valence-corrected chi connectivity index (χ4v) is 13.7. The van der Waals surface area contributed by atoms with Crippen molar-refractivity contribution in [2.45, 2.75) is 157 Å². The number of rotatable bonds is 17. The number of morpholine rings is 2. The SMILES string of the molecule is CCOC(=O)c1cn([C@H](CO[Si](C)(C)C(C)(C)C)C(C)(C)C)c2ccc(Cc3cc(N4CCOCC4)cc(Cl)c3F)cc2c1=O.CCOC(=O)c1cn([C@H](CO[Si](C)(C)C(C)(C)C)C(C)(C)C)c2ccc(I)cc2c1=O.Fc1c(Cl)cc(N2CCOCC2)cc1CBr. The van der Waals surface area contributed by atoms with Gasteiger partial charge >= 0.3 is 11.9 Å². The van der Waals surface area contributed by atoms with E-state index >= 15 is 4.39 Å². The van der Waals surface area contributed by atoms with Gasteiger partial charge in [-0.05, 0) is 149 Å². The van der Waals surface area contributed by atoms with Gasteiger partial charge in [0.1, 0.15) is 22.8 Å². The number of carbonyl (C=O) groups is 2. The molecule has 6 aromatic rings. The fourth-order valence-electron chi connectivity index (χ4n) is 10.3. The summed E-state index contributed by atoms with van der Waals surface area (Å²) in [7, 11) is -4.09. The van der Waals surface area contributed by atoms with Gasteiger partial charge in [-0.3, -0.25) is 9.59 Å². The van der Waals surface area contributed by atoms with Gasteiger partial charge in [-0.25, -0.2) is 18.4 Å². The number of carbonyl (C=O) groups excluding carboxylic acids is 2. The minimum atomic E-state index is -2.11. The van der Waals surface area contributed by atoms with Gasteiger partial charge in [-0.2, -0.15) is 0 Å². The van der Waals surface area contributed by atoms with Crippen LogP contribution in [-0.4, -0.2) is 117 Å². The first-order valence-electron chi connectivity index (χ1n) is 31.6. The number of halogens is 6. The average molecular weight is 1530 g/mol. The van der Waals surface area contributed by atoms with Crippen molar-refractivity contribution in [2.24, 2.45) is 10.8 Å². The van der Waals surface area contributed by atoms with Crippen LogP contribution in [-0.2, 0) is 39.6 Å². The Hall–Kier alpha value is -4.24. The highest BCUT2D eigenvalue weighted by molar-refractivity contribution is 14.1. The molecule has 4 heterocycles. The molecule has 0 amide bonds. The molecule has 2 atom stereocenters. The van der Waals surface area contributed by atoms with Gasteiger partial charge in [-0.1, -0.05) is 128 Å². The second kappa shape index (κ2) is 31.8. The van der Waals surface area contributed by atoms with Crippen LogP contribution in [0.5, 0.6) is 0 Å². The predicted octanol–water partition coefficient (Wildman–Crippen LogP) is 17.6. The van der Waals surface area contributed by atoms with Crippen molar-refractivity contribution in [1.82, 2.24) is 9.13 Å². The zero-order chi connectivity index (χ0) is 68.6. The summed E-state index contributed by atoms with van der Waals surface area (Å²) in [6, 6.07) is 18.0. The Bertz CT molecular complexity index is 3700. The Morgan fingerprint density at radius 3 is 1.36 bits per heavy atom. The van der Waals surface area contributed by atoms with Gasteiger partial charge < -0.3 is 46.7 Å². The highest BCUT2D eigenvalue weighted by Gasteiger charge is 2.41. The number of ether oxygens (including phenoxy) is 4. The quantitative estimate of drug-likeness (QED) is 0.0372. The summed E-state index contributed by atoms with van der Waals surface area (Å²) in [5.41, 5.74) is 3.90. The van der Waals surface area contributed by atoms with Crippen LogP contribution in [0.25, 0.3) is 21.8 Å². The Labute approximate surface area is 577 Å². The van der Waals surface area contributed by atoms with Crippen LogP contribution < -0.4 is 20.7 Å². The number of fused-ring (bicyclic) bond motifs is 2. The molecule has 2 aliphatic rings. The Balaban J connectivity index is 0.000000245. The number of hydrogen-bond donors (Lipinski definition) is 0. The van der Waals surface area contributed by atoms with Crippen LogP contribution in [0.1, 0.15) is 146 Å². The van der Waals surface area contributed by atoms with Gasteiger partial charge in [0.25, 0.3) is 0 Å². The van der Waals surface area contributed by atoms with Crippen LogP contribution in [0.3, 0.4) is 0 Å². The molecule has 0 radical (unpaired) electrons. The maximum Gasteiger partial charge on any atom is 0.343 e. The molecule has 506 valence electrons. The van der Waals surface area contributed by atoms with Gasteiger partial charge in [0.15, 0.2) is 16.6 Å². The Morgan fingerprint density at radius 1 is 0.598 bits per heavy atom. The maximum atomic E-state index is 15.3. The molecule has 4 aromatic carbocycles. The van der Waals surface area contributed by atoms with Crippen LogP contribution >= 0.6 is 61.7 Å². The van der Waals surface area contributed by atoms with E-state index in [2.05, 4.69) is 158 Å². The van der Waals surface area contributed by atoms with Gasteiger partial charge in [0, 0.05) is 81.6 Å². The van der Waals surface area contributed by atoms with Crippen molar-refractivity contribution < 1.29 is 46.2 Å². The molecule has 14 nitrogen and oxygen atoms in total. The number of anilines is 2. The van der Waals surface area contributed by atoms with Gasteiger partial charge in [-0.15, -0.1) is 0 Å². The van der Waals surface area contributed by atoms with E-state index in [-0.39, 0.29) is 85.0 Å². The largest absolute Gasteiger partial charge is 0.462 e. The Morgan fingerprint density at radius 2 is 0.978 bits per heavy atom. The number of esters is 2. The summed E-state index contributed by atoms with van der Waals surface area (Å²) in [5.74, 6) is -2.07. The summed E-state index contributed by atoms with van der Waals surface area (Å²) in [5, 5.41) is 1.71. The molecular weight excluding hydrogens is 1430 g/mol. The molecule has 0 unspecified atom stereocenters. The Kier molecular flexibility index (Phi) is 26.5. The number of alkyl halides is 1. The maximum absolute atomic E-state index is 15.3. The molecule has 0 aliphatic carbocycles. The first-order valence-corrected chi connectivity index (χ1v) is 40.4. The minimum absolute atomic E-state index is 0.0172. The molecule has 0 spiro atoms. The van der Waals surface area contributed by atoms with E-state index in [4.69, 9.17) is 51.0 Å². The smallest absolute Gasteiger partial charge is 0.343 e. The van der Waals surface area contributed by atoms with E-state index < -0.39 is 39.8 Å². The van der Waals surface area contributed by atoms with E-state index in [1.54, 1.807) is 44.4 Å². The van der Waals surface area contributed by atoms with Crippen molar-refractivity contribution in [2.75, 3.05) is 88.8 Å². The van der Waals surface area contributed by atoms with Crippen molar-refractivity contribution >= 4 is 123 Å². The van der Waals surface area contributed by atoms with Crippen molar-refractivity contribution in [1.29, 1.82) is 0 Å². The molecule has 22 heteroatoms. The van der Waals surface area contributed by atoms with Gasteiger partial charge in [0.2, 0.25) is 10.9 Å². The summed E-state index contributed by atoms with van der Waals surface area (Å²) < 4.78 is 68.4. The zero-order valence-corrected chi connectivity index (χ0v) is 64.4. The molecule has 2 aromatic heterocycles. The summed E-state index contributed by atoms with van der Waals surface area (Å²) in [6.45, 7) is 45.4.